The molecule has 1 heterocycles. The maximum atomic E-state index is 10.9. The van der Waals surface area contributed by atoms with Gasteiger partial charge < -0.3 is 15.6 Å². The number of carbonyl (C=O) groups is 1. The monoisotopic (exact) mass is 271 g/mol. The number of benzene rings is 1. The maximum absolute atomic E-state index is 10.9. The lowest BCUT2D eigenvalue weighted by Crippen LogP contribution is -2.33. The number of rotatable bonds is 4. The molecule has 0 bridgehead atoms. The third-order valence-electron chi connectivity index (χ3n) is 4.00. The number of aromatic nitrogens is 1. The Kier molecular flexibility index (Phi) is 3.74. The van der Waals surface area contributed by atoms with E-state index < -0.39 is 0 Å². The summed E-state index contributed by atoms with van der Waals surface area (Å²) in [5.41, 5.74) is 4.03. The average Bonchev–Trinajstić information content (AvgIpc) is 2.83. The number of aromatic amines is 1. The molecule has 0 spiro atoms. The first-order chi connectivity index (χ1) is 9.75. The second-order valence-corrected chi connectivity index (χ2v) is 5.44. The first-order valence-electron chi connectivity index (χ1n) is 7.33. The van der Waals surface area contributed by atoms with E-state index in [-0.39, 0.29) is 5.91 Å². The number of hydrogen-bond acceptors (Lipinski definition) is 2. The molecule has 3 N–H and O–H groups in total. The van der Waals surface area contributed by atoms with Crippen LogP contribution >= 0.6 is 0 Å². The summed E-state index contributed by atoms with van der Waals surface area (Å²) in [5, 5.41) is 7.73. The van der Waals surface area contributed by atoms with Crippen molar-refractivity contribution in [1.29, 1.82) is 0 Å². The number of carbonyl (C=O) groups excluding carboxylic acids is 1. The predicted molar refractivity (Wildman–Crippen MR) is 80.7 cm³/mol. The summed E-state index contributed by atoms with van der Waals surface area (Å²) < 4.78 is 0. The highest BCUT2D eigenvalue weighted by molar-refractivity contribution is 5.85. The van der Waals surface area contributed by atoms with Crippen LogP contribution in [0.15, 0.2) is 24.3 Å². The Morgan fingerprint density at radius 1 is 1.35 bits per heavy atom. The largest absolute Gasteiger partial charge is 0.357 e. The summed E-state index contributed by atoms with van der Waals surface area (Å²) in [6.45, 7) is 3.04. The quantitative estimate of drug-likeness (QED) is 0.747. The Hall–Kier alpha value is -1.81. The fourth-order valence-electron chi connectivity index (χ4n) is 3.10. The Balaban J connectivity index is 1.74. The molecule has 0 aliphatic heterocycles. The highest BCUT2D eigenvalue weighted by atomic mass is 16.1. The molecule has 0 radical (unpaired) electrons. The molecule has 4 heteroatoms. The van der Waals surface area contributed by atoms with E-state index in [4.69, 9.17) is 0 Å². The van der Waals surface area contributed by atoms with E-state index in [2.05, 4.69) is 39.9 Å². The summed E-state index contributed by atoms with van der Waals surface area (Å²) >= 11 is 0. The summed E-state index contributed by atoms with van der Waals surface area (Å²) in [7, 11) is 0. The van der Waals surface area contributed by atoms with Crippen molar-refractivity contribution in [3.63, 3.8) is 0 Å². The van der Waals surface area contributed by atoms with Crippen LogP contribution in [0.25, 0.3) is 10.9 Å². The highest BCUT2D eigenvalue weighted by Gasteiger charge is 2.23. The average molecular weight is 271 g/mol. The van der Waals surface area contributed by atoms with Crippen molar-refractivity contribution in [2.75, 3.05) is 13.1 Å². The summed E-state index contributed by atoms with van der Waals surface area (Å²) in [4.78, 5) is 14.4. The lowest BCUT2D eigenvalue weighted by molar-refractivity contribution is -0.118. The minimum Gasteiger partial charge on any atom is -0.357 e. The second-order valence-electron chi connectivity index (χ2n) is 5.44. The van der Waals surface area contributed by atoms with Gasteiger partial charge in [-0.05, 0) is 30.9 Å². The first-order valence-corrected chi connectivity index (χ1v) is 7.33. The van der Waals surface area contributed by atoms with Gasteiger partial charge >= 0.3 is 0 Å². The number of aryl methyl sites for hydroxylation is 1. The van der Waals surface area contributed by atoms with Gasteiger partial charge in [0, 0.05) is 42.7 Å². The predicted octanol–water partition coefficient (Wildman–Crippen LogP) is 2.27. The van der Waals surface area contributed by atoms with Crippen molar-refractivity contribution < 1.29 is 4.79 Å². The van der Waals surface area contributed by atoms with Gasteiger partial charge in [-0.2, -0.15) is 0 Å². The molecule has 1 amide bonds. The fourth-order valence-corrected chi connectivity index (χ4v) is 3.10. The Labute approximate surface area is 118 Å². The number of fused-ring (bicyclic) bond motifs is 3. The van der Waals surface area contributed by atoms with Crippen LogP contribution in [-0.2, 0) is 11.2 Å². The number of amides is 1. The second kappa shape index (κ2) is 5.67. The standard InChI is InChI=1S/C16H21N3O/c1-11(20)17-9-10-18-15-8-4-6-13-12-5-2-3-7-14(12)19-16(13)15/h2-3,5,7,15,18-19H,4,6,8-10H2,1H3,(H,17,20). The number of hydrogen-bond donors (Lipinski definition) is 3. The normalized spacial score (nSPS) is 17.9. The Morgan fingerprint density at radius 3 is 3.05 bits per heavy atom. The van der Waals surface area contributed by atoms with Gasteiger partial charge in [0.25, 0.3) is 0 Å². The van der Waals surface area contributed by atoms with E-state index in [1.165, 1.54) is 28.6 Å². The van der Waals surface area contributed by atoms with Crippen molar-refractivity contribution in [3.05, 3.63) is 35.5 Å². The van der Waals surface area contributed by atoms with Gasteiger partial charge in [-0.15, -0.1) is 0 Å². The fraction of sp³-hybridized carbons (Fsp3) is 0.438. The molecule has 106 valence electrons. The summed E-state index contributed by atoms with van der Waals surface area (Å²) in [6, 6.07) is 8.89. The van der Waals surface area contributed by atoms with Crippen LogP contribution in [0.3, 0.4) is 0 Å². The third kappa shape index (κ3) is 2.56. The van der Waals surface area contributed by atoms with Crippen molar-refractivity contribution in [2.45, 2.75) is 32.2 Å². The molecular weight excluding hydrogens is 250 g/mol. The number of para-hydroxylation sites is 1. The van der Waals surface area contributed by atoms with Crippen LogP contribution in [0.4, 0.5) is 0 Å². The van der Waals surface area contributed by atoms with Crippen molar-refractivity contribution in [1.82, 2.24) is 15.6 Å². The van der Waals surface area contributed by atoms with Gasteiger partial charge in [0.05, 0.1) is 0 Å². The van der Waals surface area contributed by atoms with E-state index in [0.717, 1.165) is 19.4 Å². The molecule has 0 saturated carbocycles. The minimum atomic E-state index is 0.0294. The van der Waals surface area contributed by atoms with E-state index in [1.54, 1.807) is 6.92 Å². The van der Waals surface area contributed by atoms with Crippen LogP contribution in [-0.4, -0.2) is 24.0 Å². The molecule has 0 saturated heterocycles. The molecule has 1 atom stereocenters. The molecule has 2 aromatic rings. The molecule has 1 aliphatic carbocycles. The zero-order valence-corrected chi connectivity index (χ0v) is 11.8. The summed E-state index contributed by atoms with van der Waals surface area (Å²) in [6.07, 6.45) is 3.52. The van der Waals surface area contributed by atoms with Crippen LogP contribution in [0.5, 0.6) is 0 Å². The lowest BCUT2D eigenvalue weighted by atomic mass is 9.92. The van der Waals surface area contributed by atoms with E-state index in [9.17, 15) is 4.79 Å². The van der Waals surface area contributed by atoms with E-state index in [1.807, 2.05) is 0 Å². The number of nitrogens with one attached hydrogen (secondary N) is 3. The highest BCUT2D eigenvalue weighted by Crippen LogP contribution is 2.34. The molecule has 1 aliphatic rings. The van der Waals surface area contributed by atoms with Crippen LogP contribution in [0, 0.1) is 0 Å². The maximum Gasteiger partial charge on any atom is 0.216 e. The first kappa shape index (κ1) is 13.2. The van der Waals surface area contributed by atoms with Gasteiger partial charge in [0.1, 0.15) is 0 Å². The smallest absolute Gasteiger partial charge is 0.216 e. The Bertz CT molecular complexity index is 617. The summed E-state index contributed by atoms with van der Waals surface area (Å²) in [5.74, 6) is 0.0294. The van der Waals surface area contributed by atoms with Gasteiger partial charge in [0.2, 0.25) is 5.91 Å². The molecule has 0 fully saturated rings. The van der Waals surface area contributed by atoms with Crippen LogP contribution in [0.2, 0.25) is 0 Å². The zero-order chi connectivity index (χ0) is 13.9. The Morgan fingerprint density at radius 2 is 2.20 bits per heavy atom. The van der Waals surface area contributed by atoms with E-state index >= 15 is 0 Å². The van der Waals surface area contributed by atoms with Crippen LogP contribution in [0.1, 0.15) is 37.1 Å². The molecule has 1 aromatic carbocycles. The van der Waals surface area contributed by atoms with Crippen molar-refractivity contribution in [2.24, 2.45) is 0 Å². The third-order valence-corrected chi connectivity index (χ3v) is 4.00. The van der Waals surface area contributed by atoms with E-state index in [0.29, 0.717) is 12.6 Å². The van der Waals surface area contributed by atoms with Crippen LogP contribution < -0.4 is 10.6 Å². The lowest BCUT2D eigenvalue weighted by Gasteiger charge is -2.24. The van der Waals surface area contributed by atoms with Crippen molar-refractivity contribution in [3.8, 4) is 0 Å². The molecule has 3 rings (SSSR count). The zero-order valence-electron chi connectivity index (χ0n) is 11.8. The van der Waals surface area contributed by atoms with Gasteiger partial charge in [-0.1, -0.05) is 18.2 Å². The molecule has 1 aromatic heterocycles. The van der Waals surface area contributed by atoms with Gasteiger partial charge in [0.15, 0.2) is 0 Å². The molecule has 20 heavy (non-hydrogen) atoms. The van der Waals surface area contributed by atoms with Crippen molar-refractivity contribution >= 4 is 16.8 Å². The van der Waals surface area contributed by atoms with Gasteiger partial charge in [-0.3, -0.25) is 4.79 Å². The molecule has 1 unspecified atom stereocenters. The van der Waals surface area contributed by atoms with Gasteiger partial charge in [-0.25, -0.2) is 0 Å². The number of H-pyrrole nitrogens is 1. The SMILES string of the molecule is CC(=O)NCCNC1CCCc2c1[nH]c1ccccc21. The molecular formula is C16H21N3O. The molecule has 4 nitrogen and oxygen atoms in total. The minimum absolute atomic E-state index is 0.0294. The topological polar surface area (TPSA) is 56.9 Å².